The number of methoxy groups -OCH3 is 1. The van der Waals surface area contributed by atoms with E-state index in [1.165, 1.54) is 7.11 Å². The Hall–Kier alpha value is -3.52. The van der Waals surface area contributed by atoms with Crippen LogP contribution < -0.4 is 10.6 Å². The molecule has 1 saturated carbocycles. The lowest BCUT2D eigenvalue weighted by Gasteiger charge is -2.59. The second-order valence-corrected chi connectivity index (χ2v) is 15.2. The molecule has 274 valence electrons. The number of aromatic amines is 1. The zero-order chi connectivity index (χ0) is 35.8. The van der Waals surface area contributed by atoms with Gasteiger partial charge in [0.05, 0.1) is 13.5 Å². The fourth-order valence-corrected chi connectivity index (χ4v) is 8.51. The number of hydrogen-bond acceptors (Lipinski definition) is 10. The molecule has 4 aliphatic heterocycles. The van der Waals surface area contributed by atoms with Crippen LogP contribution in [0.1, 0.15) is 85.1 Å². The Morgan fingerprint density at radius 2 is 1.78 bits per heavy atom. The highest BCUT2D eigenvalue weighted by Crippen LogP contribution is 2.60. The summed E-state index contributed by atoms with van der Waals surface area (Å²) in [5.74, 6) is -2.70. The molecular formula is C37H51N3O10. The molecule has 13 nitrogen and oxygen atoms in total. The minimum atomic E-state index is -0.972. The van der Waals surface area contributed by atoms with Crippen molar-refractivity contribution in [3.8, 4) is 0 Å². The SMILES string of the molecule is COC(=O)[C@H](Cc1c[nH]c2ccccc12)NC(=O)[C@H](CC(C)C)NC(=O)CCC(=O)O[C@@H]1O[C@@H]2OC3(C)CC[C@H]4[C@H](C)CC[C@@H]([C@H]1C)[C@@]24OO3. The van der Waals surface area contributed by atoms with Gasteiger partial charge in [0.15, 0.2) is 11.9 Å². The zero-order valence-electron chi connectivity index (χ0n) is 29.8. The molecule has 1 aromatic carbocycles. The third-order valence-electron chi connectivity index (χ3n) is 11.2. The van der Waals surface area contributed by atoms with Gasteiger partial charge >= 0.3 is 11.9 Å². The van der Waals surface area contributed by atoms with Gasteiger partial charge in [0, 0.05) is 48.2 Å². The molecule has 5 aliphatic rings. The third-order valence-corrected chi connectivity index (χ3v) is 11.2. The number of carbonyl (C=O) groups is 4. The monoisotopic (exact) mass is 697 g/mol. The molecule has 5 heterocycles. The Bertz CT molecular complexity index is 1580. The summed E-state index contributed by atoms with van der Waals surface area (Å²) in [7, 11) is 1.27. The number of para-hydroxylation sites is 1. The van der Waals surface area contributed by atoms with E-state index in [1.807, 2.05) is 52.0 Å². The molecule has 2 bridgehead atoms. The molecule has 4 saturated heterocycles. The molecule has 50 heavy (non-hydrogen) atoms. The van der Waals surface area contributed by atoms with Gasteiger partial charge in [-0.05, 0) is 62.0 Å². The molecule has 1 spiro atoms. The van der Waals surface area contributed by atoms with Crippen molar-refractivity contribution in [1.29, 1.82) is 0 Å². The van der Waals surface area contributed by atoms with Crippen LogP contribution in [-0.2, 0) is 54.3 Å². The van der Waals surface area contributed by atoms with E-state index >= 15 is 0 Å². The predicted molar refractivity (Wildman–Crippen MR) is 179 cm³/mol. The van der Waals surface area contributed by atoms with Crippen molar-refractivity contribution in [1.82, 2.24) is 15.6 Å². The molecule has 1 aromatic heterocycles. The van der Waals surface area contributed by atoms with Gasteiger partial charge < -0.3 is 34.6 Å². The second kappa shape index (κ2) is 14.6. The lowest BCUT2D eigenvalue weighted by atomic mass is 9.58. The van der Waals surface area contributed by atoms with E-state index in [2.05, 4.69) is 22.5 Å². The van der Waals surface area contributed by atoms with Gasteiger partial charge in [0.2, 0.25) is 23.9 Å². The van der Waals surface area contributed by atoms with Gasteiger partial charge in [0.25, 0.3) is 0 Å². The van der Waals surface area contributed by atoms with Gasteiger partial charge in [-0.25, -0.2) is 14.6 Å². The van der Waals surface area contributed by atoms with Gasteiger partial charge in [-0.15, -0.1) is 0 Å². The van der Waals surface area contributed by atoms with Crippen molar-refractivity contribution in [2.24, 2.45) is 29.6 Å². The van der Waals surface area contributed by atoms with Crippen LogP contribution in [0.15, 0.2) is 30.5 Å². The number of carbonyl (C=O) groups excluding carboxylic acids is 4. The minimum absolute atomic E-state index is 0.00807. The van der Waals surface area contributed by atoms with Crippen LogP contribution in [0.3, 0.4) is 0 Å². The highest BCUT2D eigenvalue weighted by atomic mass is 17.3. The summed E-state index contributed by atoms with van der Waals surface area (Å²) >= 11 is 0. The highest BCUT2D eigenvalue weighted by Gasteiger charge is 2.69. The Morgan fingerprint density at radius 3 is 2.54 bits per heavy atom. The molecule has 10 atom stereocenters. The van der Waals surface area contributed by atoms with Crippen LogP contribution in [0.25, 0.3) is 10.9 Å². The first-order chi connectivity index (χ1) is 23.8. The molecule has 2 amide bonds. The van der Waals surface area contributed by atoms with Crippen molar-refractivity contribution in [3.63, 3.8) is 0 Å². The van der Waals surface area contributed by atoms with Crippen molar-refractivity contribution in [2.75, 3.05) is 7.11 Å². The fraction of sp³-hybridized carbons (Fsp3) is 0.676. The fourth-order valence-electron chi connectivity index (χ4n) is 8.51. The van der Waals surface area contributed by atoms with Crippen LogP contribution in [0.4, 0.5) is 0 Å². The molecule has 3 N–H and O–H groups in total. The standard InChI is InChI=1S/C37H51N3O10/c1-20(2)17-28(32(43)40-29(33(44)45-6)18-23-19-38-27-10-8-7-9-24(23)27)39-30(41)13-14-31(42)46-34-22(4)26-12-11-21(3)25-15-16-36(5)48-35(47-34)37(25,26)50-49-36/h7-10,19-22,25-26,28-29,34-35,38H,11-18H2,1-6H3,(H,39,41)(H,40,43)/t21-,22-,25+,26+,28+,29+,34-,35-,36?,37-/m1/s1. The largest absolute Gasteiger partial charge is 0.467 e. The van der Waals surface area contributed by atoms with Gasteiger partial charge in [-0.1, -0.05) is 45.9 Å². The molecule has 7 rings (SSSR count). The number of ether oxygens (including phenoxy) is 4. The van der Waals surface area contributed by atoms with Crippen molar-refractivity contribution in [3.05, 3.63) is 36.0 Å². The van der Waals surface area contributed by atoms with E-state index in [0.717, 1.165) is 35.7 Å². The van der Waals surface area contributed by atoms with Crippen LogP contribution in [0, 0.1) is 29.6 Å². The Morgan fingerprint density at radius 1 is 1.00 bits per heavy atom. The highest BCUT2D eigenvalue weighted by molar-refractivity contribution is 5.92. The summed E-state index contributed by atoms with van der Waals surface area (Å²) in [6, 6.07) is 5.77. The number of esters is 2. The summed E-state index contributed by atoms with van der Waals surface area (Å²) in [5, 5.41) is 6.49. The lowest BCUT2D eigenvalue weighted by Crippen LogP contribution is -2.70. The number of hydrogen-bond donors (Lipinski definition) is 3. The topological polar surface area (TPSA) is 164 Å². The van der Waals surface area contributed by atoms with Crippen molar-refractivity contribution >= 4 is 34.7 Å². The second-order valence-electron chi connectivity index (χ2n) is 15.2. The smallest absolute Gasteiger partial charge is 0.328 e. The van der Waals surface area contributed by atoms with E-state index in [0.29, 0.717) is 18.8 Å². The molecule has 5 fully saturated rings. The lowest BCUT2D eigenvalue weighted by molar-refractivity contribution is -0.576. The minimum Gasteiger partial charge on any atom is -0.467 e. The maximum atomic E-state index is 13.5. The number of nitrogens with one attached hydrogen (secondary N) is 3. The Labute approximate surface area is 292 Å². The number of amides is 2. The quantitative estimate of drug-likeness (QED) is 0.214. The summed E-state index contributed by atoms with van der Waals surface area (Å²) in [6.45, 7) is 9.92. The molecule has 0 radical (unpaired) electrons. The van der Waals surface area contributed by atoms with E-state index in [9.17, 15) is 19.2 Å². The average Bonchev–Trinajstić information content (AvgIpc) is 3.35. The number of aromatic nitrogens is 1. The van der Waals surface area contributed by atoms with Crippen LogP contribution in [0.2, 0.25) is 0 Å². The maximum Gasteiger partial charge on any atom is 0.328 e. The van der Waals surface area contributed by atoms with Gasteiger partial charge in [-0.2, -0.15) is 0 Å². The number of benzene rings is 1. The number of fused-ring (bicyclic) bond motifs is 3. The van der Waals surface area contributed by atoms with Gasteiger partial charge in [-0.3, -0.25) is 14.4 Å². The molecule has 1 unspecified atom stereocenters. The number of rotatable bonds is 12. The molecule has 13 heteroatoms. The van der Waals surface area contributed by atoms with Crippen LogP contribution in [0.5, 0.6) is 0 Å². The average molecular weight is 698 g/mol. The number of H-pyrrole nitrogens is 1. The van der Waals surface area contributed by atoms with E-state index < -0.39 is 59.8 Å². The third kappa shape index (κ3) is 7.15. The summed E-state index contributed by atoms with van der Waals surface area (Å²) in [5.41, 5.74) is 0.982. The molecule has 2 aromatic rings. The van der Waals surface area contributed by atoms with Crippen LogP contribution >= 0.6 is 0 Å². The van der Waals surface area contributed by atoms with Crippen molar-refractivity contribution < 1.29 is 47.9 Å². The maximum absolute atomic E-state index is 13.5. The first-order valence-electron chi connectivity index (χ1n) is 18.0. The predicted octanol–water partition coefficient (Wildman–Crippen LogP) is 4.43. The Balaban J connectivity index is 1.05. The first kappa shape index (κ1) is 36.3. The van der Waals surface area contributed by atoms with Crippen LogP contribution in [-0.4, -0.2) is 71.9 Å². The van der Waals surface area contributed by atoms with Gasteiger partial charge in [0.1, 0.15) is 12.1 Å². The molecular weight excluding hydrogens is 646 g/mol. The van der Waals surface area contributed by atoms with E-state index in [4.69, 9.17) is 28.7 Å². The molecule has 1 aliphatic carbocycles. The van der Waals surface area contributed by atoms with Crippen molar-refractivity contribution in [2.45, 2.75) is 122 Å². The van der Waals surface area contributed by atoms with E-state index in [1.54, 1.807) is 6.20 Å². The zero-order valence-corrected chi connectivity index (χ0v) is 29.8. The normalized spacial score (nSPS) is 32.8. The Kier molecular flexibility index (Phi) is 10.6. The first-order valence-corrected chi connectivity index (χ1v) is 18.0. The summed E-state index contributed by atoms with van der Waals surface area (Å²) in [6.07, 6.45) is 3.74. The summed E-state index contributed by atoms with van der Waals surface area (Å²) in [4.78, 5) is 67.7. The van der Waals surface area contributed by atoms with E-state index in [-0.39, 0.29) is 42.9 Å². The summed E-state index contributed by atoms with van der Waals surface area (Å²) < 4.78 is 23.5.